The van der Waals surface area contributed by atoms with Crippen LogP contribution in [0.2, 0.25) is 0 Å². The van der Waals surface area contributed by atoms with Crippen LogP contribution >= 0.6 is 22.6 Å². The van der Waals surface area contributed by atoms with Crippen LogP contribution in [0, 0.1) is 14.9 Å². The highest BCUT2D eigenvalue weighted by molar-refractivity contribution is 14.1. The van der Waals surface area contributed by atoms with Crippen molar-refractivity contribution in [1.29, 1.82) is 5.26 Å². The number of rotatable bonds is 2. The molecule has 3 heteroatoms. The van der Waals surface area contributed by atoms with Gasteiger partial charge in [0.2, 0.25) is 0 Å². The molecule has 0 fully saturated rings. The lowest BCUT2D eigenvalue weighted by Gasteiger charge is -1.95. The fourth-order valence-electron chi connectivity index (χ4n) is 0.836. The Morgan fingerprint density at radius 2 is 2.33 bits per heavy atom. The van der Waals surface area contributed by atoms with E-state index in [0.717, 1.165) is 3.57 Å². The van der Waals surface area contributed by atoms with E-state index in [1.165, 1.54) is 0 Å². The Bertz CT molecular complexity index is 341. The van der Waals surface area contributed by atoms with Gasteiger partial charge in [-0.3, -0.25) is 4.79 Å². The predicted octanol–water partition coefficient (Wildman–Crippen LogP) is 2.39. The number of hydrogen-bond donors (Lipinski definition) is 0. The van der Waals surface area contributed by atoms with Crippen LogP contribution in [0.5, 0.6) is 0 Å². The summed E-state index contributed by atoms with van der Waals surface area (Å²) in [6.07, 6.45) is -0.0416. The summed E-state index contributed by atoms with van der Waals surface area (Å²) in [7, 11) is 0. The standard InChI is InChI=1S/C9H6INO/c10-8-3-1-2-7(6-8)9(12)4-5-11/h1-3,6H,4H2. The van der Waals surface area contributed by atoms with Crippen LogP contribution < -0.4 is 0 Å². The van der Waals surface area contributed by atoms with Crippen LogP contribution in [0.15, 0.2) is 24.3 Å². The molecule has 0 aromatic heterocycles. The molecule has 0 N–H and O–H groups in total. The van der Waals surface area contributed by atoms with Gasteiger partial charge >= 0.3 is 0 Å². The zero-order chi connectivity index (χ0) is 8.97. The minimum absolute atomic E-state index is 0.0416. The maximum Gasteiger partial charge on any atom is 0.176 e. The smallest absolute Gasteiger partial charge is 0.176 e. The number of carbonyl (C=O) groups excluding carboxylic acids is 1. The van der Waals surface area contributed by atoms with Crippen molar-refractivity contribution in [2.24, 2.45) is 0 Å². The third kappa shape index (κ3) is 2.31. The van der Waals surface area contributed by atoms with E-state index < -0.39 is 0 Å². The second kappa shape index (κ2) is 4.21. The van der Waals surface area contributed by atoms with Gasteiger partial charge in [-0.2, -0.15) is 5.26 Å². The Morgan fingerprint density at radius 1 is 1.58 bits per heavy atom. The summed E-state index contributed by atoms with van der Waals surface area (Å²) in [5.41, 5.74) is 0.614. The van der Waals surface area contributed by atoms with Gasteiger partial charge < -0.3 is 0 Å². The third-order valence-corrected chi connectivity index (χ3v) is 2.06. The van der Waals surface area contributed by atoms with Crippen molar-refractivity contribution in [3.05, 3.63) is 33.4 Å². The first-order valence-electron chi connectivity index (χ1n) is 3.40. The minimum atomic E-state index is -0.115. The molecule has 0 aliphatic carbocycles. The summed E-state index contributed by atoms with van der Waals surface area (Å²) < 4.78 is 1.01. The van der Waals surface area contributed by atoms with E-state index in [-0.39, 0.29) is 12.2 Å². The molecule has 0 bridgehead atoms. The largest absolute Gasteiger partial charge is 0.293 e. The number of nitrogens with zero attached hydrogens (tertiary/aromatic N) is 1. The molecule has 0 aliphatic heterocycles. The molecule has 0 saturated carbocycles. The number of benzene rings is 1. The maximum absolute atomic E-state index is 11.2. The molecule has 60 valence electrons. The highest BCUT2D eigenvalue weighted by Gasteiger charge is 2.03. The Kier molecular flexibility index (Phi) is 3.23. The lowest BCUT2D eigenvalue weighted by atomic mass is 10.1. The van der Waals surface area contributed by atoms with E-state index in [0.29, 0.717) is 5.56 Å². The van der Waals surface area contributed by atoms with E-state index in [1.54, 1.807) is 12.1 Å². The number of Topliss-reactive ketones (excluding diaryl/α,β-unsaturated/α-hetero) is 1. The average molecular weight is 271 g/mol. The first kappa shape index (κ1) is 9.20. The fraction of sp³-hybridized carbons (Fsp3) is 0.111. The Hall–Kier alpha value is -0.890. The van der Waals surface area contributed by atoms with Crippen molar-refractivity contribution in [2.75, 3.05) is 0 Å². The summed E-state index contributed by atoms with van der Waals surface area (Å²) in [6.45, 7) is 0. The molecule has 0 aliphatic rings. The van der Waals surface area contributed by atoms with Gasteiger partial charge in [0.05, 0.1) is 12.5 Å². The second-order valence-corrected chi connectivity index (χ2v) is 3.51. The van der Waals surface area contributed by atoms with Gasteiger partial charge in [-0.15, -0.1) is 0 Å². The molecule has 1 rings (SSSR count). The van der Waals surface area contributed by atoms with Gasteiger partial charge in [0.25, 0.3) is 0 Å². The van der Waals surface area contributed by atoms with Crippen molar-refractivity contribution in [2.45, 2.75) is 6.42 Å². The number of halogens is 1. The summed E-state index contributed by atoms with van der Waals surface area (Å²) in [6, 6.07) is 9.05. The SMILES string of the molecule is N#CCC(=O)c1cccc(I)c1. The van der Waals surface area contributed by atoms with Gasteiger partial charge in [-0.1, -0.05) is 12.1 Å². The van der Waals surface area contributed by atoms with Crippen molar-refractivity contribution in [3.63, 3.8) is 0 Å². The fourth-order valence-corrected chi connectivity index (χ4v) is 1.38. The molecular formula is C9H6INO. The molecule has 0 radical (unpaired) electrons. The Labute approximate surface area is 84.3 Å². The molecule has 1 aromatic rings. The van der Waals surface area contributed by atoms with Gasteiger partial charge in [-0.05, 0) is 34.7 Å². The molecule has 0 heterocycles. The van der Waals surface area contributed by atoms with E-state index in [2.05, 4.69) is 22.6 Å². The molecule has 0 unspecified atom stereocenters. The molecular weight excluding hydrogens is 265 g/mol. The van der Waals surface area contributed by atoms with E-state index >= 15 is 0 Å². The number of carbonyl (C=O) groups is 1. The van der Waals surface area contributed by atoms with Gasteiger partial charge in [-0.25, -0.2) is 0 Å². The van der Waals surface area contributed by atoms with E-state index in [9.17, 15) is 4.79 Å². The van der Waals surface area contributed by atoms with Crippen molar-refractivity contribution < 1.29 is 4.79 Å². The van der Waals surface area contributed by atoms with Crippen LogP contribution in [-0.4, -0.2) is 5.78 Å². The second-order valence-electron chi connectivity index (χ2n) is 2.27. The summed E-state index contributed by atoms with van der Waals surface area (Å²) in [5, 5.41) is 8.29. The normalized spacial score (nSPS) is 9.00. The van der Waals surface area contributed by atoms with Crippen LogP contribution in [-0.2, 0) is 0 Å². The van der Waals surface area contributed by atoms with Crippen molar-refractivity contribution in [3.8, 4) is 6.07 Å². The van der Waals surface area contributed by atoms with Crippen molar-refractivity contribution in [1.82, 2.24) is 0 Å². The predicted molar refractivity (Wildman–Crippen MR) is 53.7 cm³/mol. The molecule has 12 heavy (non-hydrogen) atoms. The van der Waals surface area contributed by atoms with Crippen LogP contribution in [0.3, 0.4) is 0 Å². The quantitative estimate of drug-likeness (QED) is 0.612. The zero-order valence-electron chi connectivity index (χ0n) is 6.25. The lowest BCUT2D eigenvalue weighted by Crippen LogP contribution is -1.96. The van der Waals surface area contributed by atoms with Crippen LogP contribution in [0.1, 0.15) is 16.8 Å². The molecule has 0 saturated heterocycles. The van der Waals surface area contributed by atoms with E-state index in [1.807, 2.05) is 18.2 Å². The monoisotopic (exact) mass is 271 g/mol. The minimum Gasteiger partial charge on any atom is -0.293 e. The highest BCUT2D eigenvalue weighted by atomic mass is 127. The third-order valence-electron chi connectivity index (χ3n) is 1.39. The summed E-state index contributed by atoms with van der Waals surface area (Å²) in [4.78, 5) is 11.2. The van der Waals surface area contributed by atoms with Gasteiger partial charge in [0.15, 0.2) is 5.78 Å². The summed E-state index contributed by atoms with van der Waals surface area (Å²) >= 11 is 2.13. The first-order chi connectivity index (χ1) is 5.74. The number of hydrogen-bond acceptors (Lipinski definition) is 2. The van der Waals surface area contributed by atoms with Crippen LogP contribution in [0.4, 0.5) is 0 Å². The molecule has 0 spiro atoms. The van der Waals surface area contributed by atoms with Crippen molar-refractivity contribution >= 4 is 28.4 Å². The average Bonchev–Trinajstić information content (AvgIpc) is 2.05. The maximum atomic E-state index is 11.2. The van der Waals surface area contributed by atoms with E-state index in [4.69, 9.17) is 5.26 Å². The molecule has 0 amide bonds. The zero-order valence-corrected chi connectivity index (χ0v) is 8.41. The summed E-state index contributed by atoms with van der Waals surface area (Å²) in [5.74, 6) is -0.115. The molecule has 2 nitrogen and oxygen atoms in total. The first-order valence-corrected chi connectivity index (χ1v) is 4.47. The Morgan fingerprint density at radius 3 is 2.92 bits per heavy atom. The topological polar surface area (TPSA) is 40.9 Å². The number of nitriles is 1. The highest BCUT2D eigenvalue weighted by Crippen LogP contribution is 2.09. The van der Waals surface area contributed by atoms with Gasteiger partial charge in [0, 0.05) is 9.13 Å². The lowest BCUT2D eigenvalue weighted by molar-refractivity contribution is 0.0997. The number of ketones is 1. The van der Waals surface area contributed by atoms with Crippen LogP contribution in [0.25, 0.3) is 0 Å². The Balaban J connectivity index is 2.90. The molecule has 0 atom stereocenters. The van der Waals surface area contributed by atoms with Gasteiger partial charge in [0.1, 0.15) is 0 Å². The molecule has 1 aromatic carbocycles.